The first kappa shape index (κ1) is 22.5. The summed E-state index contributed by atoms with van der Waals surface area (Å²) in [6.45, 7) is 3.82. The van der Waals surface area contributed by atoms with E-state index in [1.807, 2.05) is 12.1 Å². The van der Waals surface area contributed by atoms with Crippen molar-refractivity contribution >= 4 is 31.9 Å². The molecule has 2 aliphatic heterocycles. The number of nitrogens with zero attached hydrogens (tertiary/aromatic N) is 4. The lowest BCUT2D eigenvalue weighted by molar-refractivity contribution is 0.222. The zero-order valence-electron chi connectivity index (χ0n) is 17.8. The van der Waals surface area contributed by atoms with Gasteiger partial charge in [0.15, 0.2) is 0 Å². The zero-order valence-corrected chi connectivity index (χ0v) is 20.2. The average Bonchev–Trinajstić information content (AvgIpc) is 2.78. The van der Waals surface area contributed by atoms with Crippen molar-refractivity contribution in [1.29, 1.82) is 0 Å². The second kappa shape index (κ2) is 9.83. The number of ether oxygens (including phenoxy) is 1. The molecule has 2 aromatic rings. The van der Waals surface area contributed by atoms with E-state index < -0.39 is 10.0 Å². The second-order valence-electron chi connectivity index (χ2n) is 8.45. The van der Waals surface area contributed by atoms with Gasteiger partial charge < -0.3 is 9.64 Å². The molecule has 0 atom stereocenters. The number of aromatic nitrogens is 2. The fourth-order valence-electron chi connectivity index (χ4n) is 4.34. The molecule has 7 nitrogen and oxygen atoms in total. The lowest BCUT2D eigenvalue weighted by Crippen LogP contribution is -2.37. The van der Waals surface area contributed by atoms with E-state index in [4.69, 9.17) is 4.74 Å². The minimum absolute atomic E-state index is 0.414. The first-order valence-corrected chi connectivity index (χ1v) is 13.4. The summed E-state index contributed by atoms with van der Waals surface area (Å²) in [5.74, 6) is 2.64. The molecule has 0 aliphatic carbocycles. The van der Waals surface area contributed by atoms with Crippen LogP contribution in [-0.2, 0) is 10.0 Å². The van der Waals surface area contributed by atoms with Crippen LogP contribution in [-0.4, -0.2) is 61.7 Å². The third-order valence-electron chi connectivity index (χ3n) is 6.26. The van der Waals surface area contributed by atoms with Gasteiger partial charge in [0.05, 0.1) is 17.3 Å². The maximum absolute atomic E-state index is 11.7. The van der Waals surface area contributed by atoms with E-state index >= 15 is 0 Å². The molecule has 4 rings (SSSR count). The van der Waals surface area contributed by atoms with Crippen molar-refractivity contribution in [2.45, 2.75) is 31.6 Å². The second-order valence-corrected chi connectivity index (χ2v) is 11.3. The molecular weight excluding hydrogens is 480 g/mol. The summed E-state index contributed by atoms with van der Waals surface area (Å²) >= 11 is 3.37. The summed E-state index contributed by atoms with van der Waals surface area (Å²) in [6.07, 6.45) is 8.74. The molecule has 1 aromatic heterocycles. The van der Waals surface area contributed by atoms with E-state index in [0.717, 1.165) is 61.6 Å². The van der Waals surface area contributed by atoms with E-state index in [-0.39, 0.29) is 0 Å². The quantitative estimate of drug-likeness (QED) is 0.592. The van der Waals surface area contributed by atoms with Gasteiger partial charge >= 0.3 is 0 Å². The van der Waals surface area contributed by atoms with Crippen molar-refractivity contribution < 1.29 is 13.2 Å². The summed E-state index contributed by atoms with van der Waals surface area (Å²) in [6, 6.07) is 8.35. The van der Waals surface area contributed by atoms with Crippen LogP contribution in [0, 0.1) is 5.92 Å². The van der Waals surface area contributed by atoms with Gasteiger partial charge in [-0.05, 0) is 71.1 Å². The molecule has 0 bridgehead atoms. The largest absolute Gasteiger partial charge is 0.493 e. The smallest absolute Gasteiger partial charge is 0.225 e. The van der Waals surface area contributed by atoms with Gasteiger partial charge in [0.25, 0.3) is 0 Å². The normalized spacial score (nSPS) is 19.5. The number of benzene rings is 1. The summed E-state index contributed by atoms with van der Waals surface area (Å²) in [4.78, 5) is 11.0. The van der Waals surface area contributed by atoms with Crippen molar-refractivity contribution in [2.24, 2.45) is 5.92 Å². The Bertz CT molecular complexity index is 953. The number of rotatable bonds is 6. The predicted octanol–water partition coefficient (Wildman–Crippen LogP) is 3.67. The van der Waals surface area contributed by atoms with Crippen molar-refractivity contribution in [3.63, 3.8) is 0 Å². The molecule has 168 valence electrons. The molecule has 0 radical (unpaired) electrons. The predicted molar refractivity (Wildman–Crippen MR) is 125 cm³/mol. The molecule has 0 saturated carbocycles. The van der Waals surface area contributed by atoms with Crippen LogP contribution in [0.5, 0.6) is 5.75 Å². The maximum atomic E-state index is 11.7. The molecule has 0 unspecified atom stereocenters. The Morgan fingerprint density at radius 3 is 2.19 bits per heavy atom. The molecule has 0 spiro atoms. The SMILES string of the molecule is CS(=O)(=O)N1CCC(c2ccc(OCC3CCN(c4ncc(Br)cn4)CC3)cc2)CC1. The number of piperidine rings is 2. The van der Waals surface area contributed by atoms with Gasteiger partial charge in [-0.3, -0.25) is 0 Å². The molecule has 31 heavy (non-hydrogen) atoms. The highest BCUT2D eigenvalue weighted by atomic mass is 79.9. The monoisotopic (exact) mass is 508 g/mol. The van der Waals surface area contributed by atoms with Crippen molar-refractivity contribution in [3.8, 4) is 5.75 Å². The van der Waals surface area contributed by atoms with Crippen molar-refractivity contribution in [3.05, 3.63) is 46.7 Å². The van der Waals surface area contributed by atoms with Gasteiger partial charge in [0.2, 0.25) is 16.0 Å². The van der Waals surface area contributed by atoms with Gasteiger partial charge in [-0.15, -0.1) is 0 Å². The van der Waals surface area contributed by atoms with Crippen molar-refractivity contribution in [2.75, 3.05) is 43.9 Å². The minimum atomic E-state index is -3.08. The minimum Gasteiger partial charge on any atom is -0.493 e. The van der Waals surface area contributed by atoms with E-state index in [1.165, 1.54) is 11.8 Å². The fourth-order valence-corrected chi connectivity index (χ4v) is 5.42. The lowest BCUT2D eigenvalue weighted by Gasteiger charge is -2.32. The maximum Gasteiger partial charge on any atom is 0.225 e. The van der Waals surface area contributed by atoms with Gasteiger partial charge in [-0.25, -0.2) is 22.7 Å². The van der Waals surface area contributed by atoms with Crippen LogP contribution in [0.3, 0.4) is 0 Å². The standard InChI is InChI=1S/C22H29BrN4O3S/c1-31(28,29)27-12-8-19(9-13-27)18-2-4-21(5-3-18)30-16-17-6-10-26(11-7-17)22-24-14-20(23)15-25-22/h2-5,14-15,17,19H,6-13,16H2,1H3. The van der Waals surface area contributed by atoms with E-state index in [2.05, 4.69) is 42.9 Å². The first-order chi connectivity index (χ1) is 14.9. The Morgan fingerprint density at radius 1 is 1.00 bits per heavy atom. The molecule has 3 heterocycles. The van der Waals surface area contributed by atoms with Gasteiger partial charge in [-0.2, -0.15) is 0 Å². The highest BCUT2D eigenvalue weighted by molar-refractivity contribution is 9.10. The number of sulfonamides is 1. The zero-order chi connectivity index (χ0) is 21.8. The molecule has 2 fully saturated rings. The molecule has 2 saturated heterocycles. The van der Waals surface area contributed by atoms with Crippen LogP contribution < -0.4 is 9.64 Å². The summed E-state index contributed by atoms with van der Waals surface area (Å²) in [7, 11) is -3.08. The number of anilines is 1. The fraction of sp³-hybridized carbons (Fsp3) is 0.545. The lowest BCUT2D eigenvalue weighted by atomic mass is 9.90. The van der Waals surface area contributed by atoms with Gasteiger partial charge in [0, 0.05) is 38.6 Å². The molecule has 2 aliphatic rings. The third kappa shape index (κ3) is 5.96. The molecule has 9 heteroatoms. The van der Waals surface area contributed by atoms with Crippen LogP contribution in [0.15, 0.2) is 41.1 Å². The highest BCUT2D eigenvalue weighted by Gasteiger charge is 2.26. The number of hydrogen-bond donors (Lipinski definition) is 0. The van der Waals surface area contributed by atoms with Crippen LogP contribution in [0.2, 0.25) is 0 Å². The van der Waals surface area contributed by atoms with E-state index in [1.54, 1.807) is 16.7 Å². The van der Waals surface area contributed by atoms with Crippen LogP contribution >= 0.6 is 15.9 Å². The molecular formula is C22H29BrN4O3S. The van der Waals surface area contributed by atoms with E-state index in [9.17, 15) is 8.42 Å². The first-order valence-electron chi connectivity index (χ1n) is 10.8. The van der Waals surface area contributed by atoms with Crippen LogP contribution in [0.4, 0.5) is 5.95 Å². The number of hydrogen-bond acceptors (Lipinski definition) is 6. The Morgan fingerprint density at radius 2 is 1.61 bits per heavy atom. The highest BCUT2D eigenvalue weighted by Crippen LogP contribution is 2.30. The molecule has 0 N–H and O–H groups in total. The summed E-state index contributed by atoms with van der Waals surface area (Å²) in [5, 5.41) is 0. The third-order valence-corrected chi connectivity index (χ3v) is 7.98. The Labute approximate surface area is 193 Å². The summed E-state index contributed by atoms with van der Waals surface area (Å²) < 4.78 is 31.9. The Kier molecular flexibility index (Phi) is 7.13. The molecule has 1 aromatic carbocycles. The number of halogens is 1. The van der Waals surface area contributed by atoms with Gasteiger partial charge in [-0.1, -0.05) is 12.1 Å². The Hall–Kier alpha value is -1.71. The summed E-state index contributed by atoms with van der Waals surface area (Å²) in [5.41, 5.74) is 1.27. The molecule has 0 amide bonds. The van der Waals surface area contributed by atoms with Crippen LogP contribution in [0.25, 0.3) is 0 Å². The van der Waals surface area contributed by atoms with Crippen molar-refractivity contribution in [1.82, 2.24) is 14.3 Å². The van der Waals surface area contributed by atoms with Gasteiger partial charge in [0.1, 0.15) is 5.75 Å². The Balaban J connectivity index is 1.22. The topological polar surface area (TPSA) is 75.6 Å². The van der Waals surface area contributed by atoms with Crippen LogP contribution in [0.1, 0.15) is 37.2 Å². The average molecular weight is 509 g/mol. The van der Waals surface area contributed by atoms with E-state index in [0.29, 0.717) is 24.9 Å².